The smallest absolute Gasteiger partial charge is 0.251 e. The van der Waals surface area contributed by atoms with E-state index in [9.17, 15) is 9.18 Å². The molecule has 1 amide bonds. The topological polar surface area (TPSA) is 38.3 Å². The Morgan fingerprint density at radius 2 is 1.62 bits per heavy atom. The molecule has 0 bridgehead atoms. The third-order valence-electron chi connectivity index (χ3n) is 3.92. The minimum Gasteiger partial charge on any atom is -0.380 e. The van der Waals surface area contributed by atoms with E-state index in [2.05, 4.69) is 24.1 Å². The lowest BCUT2D eigenvalue weighted by atomic mass is 9.88. The van der Waals surface area contributed by atoms with E-state index in [-0.39, 0.29) is 17.1 Å². The van der Waals surface area contributed by atoms with Crippen LogP contribution in [0.25, 0.3) is 0 Å². The van der Waals surface area contributed by atoms with Gasteiger partial charge in [-0.2, -0.15) is 0 Å². The molecule has 1 heterocycles. The Hall–Kier alpha value is -2.64. The zero-order valence-corrected chi connectivity index (χ0v) is 13.4. The van der Waals surface area contributed by atoms with Gasteiger partial charge in [0.05, 0.1) is 13.2 Å². The standard InChI is InChI=1S/C20H18FNO2/c1-20(13-24-14-20)12-22-19(23)17-8-4-15(5-9-17)2-3-16-6-10-18(21)11-7-16/h4-11H,12-14H2,1H3,(H,22,23). The maximum atomic E-state index is 12.8. The summed E-state index contributed by atoms with van der Waals surface area (Å²) in [5, 5.41) is 2.93. The molecule has 4 heteroatoms. The molecule has 0 spiro atoms. The number of nitrogens with one attached hydrogen (secondary N) is 1. The van der Waals surface area contributed by atoms with Gasteiger partial charge in [0.25, 0.3) is 5.91 Å². The molecular weight excluding hydrogens is 305 g/mol. The van der Waals surface area contributed by atoms with Crippen LogP contribution in [0.15, 0.2) is 48.5 Å². The van der Waals surface area contributed by atoms with Gasteiger partial charge in [-0.1, -0.05) is 18.8 Å². The van der Waals surface area contributed by atoms with Crippen molar-refractivity contribution in [3.05, 3.63) is 71.0 Å². The van der Waals surface area contributed by atoms with Gasteiger partial charge in [0.1, 0.15) is 5.82 Å². The molecule has 1 fully saturated rings. The molecule has 1 saturated heterocycles. The predicted molar refractivity (Wildman–Crippen MR) is 90.1 cm³/mol. The number of carbonyl (C=O) groups is 1. The summed E-state index contributed by atoms with van der Waals surface area (Å²) in [5.74, 6) is 5.59. The molecule has 0 atom stereocenters. The molecule has 24 heavy (non-hydrogen) atoms. The van der Waals surface area contributed by atoms with Crippen molar-refractivity contribution in [2.45, 2.75) is 6.92 Å². The van der Waals surface area contributed by atoms with Crippen molar-refractivity contribution in [2.24, 2.45) is 5.41 Å². The highest BCUT2D eigenvalue weighted by molar-refractivity contribution is 5.94. The van der Waals surface area contributed by atoms with E-state index in [0.717, 1.165) is 11.1 Å². The molecule has 2 aromatic rings. The fourth-order valence-electron chi connectivity index (χ4n) is 2.33. The molecule has 0 unspecified atom stereocenters. The number of benzene rings is 2. The highest BCUT2D eigenvalue weighted by Gasteiger charge is 2.33. The summed E-state index contributed by atoms with van der Waals surface area (Å²) in [7, 11) is 0. The van der Waals surface area contributed by atoms with Gasteiger partial charge in [-0.15, -0.1) is 0 Å². The van der Waals surface area contributed by atoms with Crippen LogP contribution >= 0.6 is 0 Å². The summed E-state index contributed by atoms with van der Waals surface area (Å²) in [6.07, 6.45) is 0. The predicted octanol–water partition coefficient (Wildman–Crippen LogP) is 2.99. The molecular formula is C20H18FNO2. The molecule has 1 aliphatic heterocycles. The Morgan fingerprint density at radius 1 is 1.08 bits per heavy atom. The van der Waals surface area contributed by atoms with Gasteiger partial charge < -0.3 is 10.1 Å². The Balaban J connectivity index is 1.60. The van der Waals surface area contributed by atoms with E-state index < -0.39 is 0 Å². The first-order valence-corrected chi connectivity index (χ1v) is 7.78. The molecule has 122 valence electrons. The molecule has 1 aliphatic rings. The minimum atomic E-state index is -0.279. The minimum absolute atomic E-state index is 0.0518. The molecule has 0 radical (unpaired) electrons. The highest BCUT2D eigenvalue weighted by atomic mass is 19.1. The molecule has 0 aliphatic carbocycles. The number of ether oxygens (including phenoxy) is 1. The van der Waals surface area contributed by atoms with Gasteiger partial charge in [-0.05, 0) is 48.5 Å². The molecule has 0 saturated carbocycles. The number of amides is 1. The van der Waals surface area contributed by atoms with Crippen LogP contribution in [0.2, 0.25) is 0 Å². The average molecular weight is 323 g/mol. The fourth-order valence-corrected chi connectivity index (χ4v) is 2.33. The second kappa shape index (κ2) is 6.86. The van der Waals surface area contributed by atoms with Gasteiger partial charge in [-0.25, -0.2) is 4.39 Å². The third-order valence-corrected chi connectivity index (χ3v) is 3.92. The summed E-state index contributed by atoms with van der Waals surface area (Å²) >= 11 is 0. The van der Waals surface area contributed by atoms with E-state index in [1.54, 1.807) is 36.4 Å². The summed E-state index contributed by atoms with van der Waals surface area (Å²) in [4.78, 5) is 12.1. The Labute approximate surface area is 140 Å². The normalized spacial score (nSPS) is 14.9. The van der Waals surface area contributed by atoms with Crippen LogP contribution in [-0.2, 0) is 4.74 Å². The summed E-state index contributed by atoms with van der Waals surface area (Å²) in [5.41, 5.74) is 2.20. The highest BCUT2D eigenvalue weighted by Crippen LogP contribution is 2.25. The van der Waals surface area contributed by atoms with Gasteiger partial charge in [0, 0.05) is 28.7 Å². The van der Waals surface area contributed by atoms with Crippen LogP contribution < -0.4 is 5.32 Å². The van der Waals surface area contributed by atoms with Crippen molar-refractivity contribution in [1.82, 2.24) is 5.32 Å². The average Bonchev–Trinajstić information content (AvgIpc) is 2.58. The summed E-state index contributed by atoms with van der Waals surface area (Å²) in [6.45, 7) is 4.07. The van der Waals surface area contributed by atoms with Crippen LogP contribution in [0.3, 0.4) is 0 Å². The van der Waals surface area contributed by atoms with E-state index in [1.807, 2.05) is 0 Å². The van der Waals surface area contributed by atoms with Crippen LogP contribution in [-0.4, -0.2) is 25.7 Å². The molecule has 0 aromatic heterocycles. The number of hydrogen-bond donors (Lipinski definition) is 1. The van der Waals surface area contributed by atoms with E-state index in [0.29, 0.717) is 25.3 Å². The molecule has 3 rings (SSSR count). The number of hydrogen-bond acceptors (Lipinski definition) is 2. The van der Waals surface area contributed by atoms with Crippen LogP contribution in [0, 0.1) is 23.1 Å². The largest absolute Gasteiger partial charge is 0.380 e. The molecule has 3 nitrogen and oxygen atoms in total. The van der Waals surface area contributed by atoms with Crippen molar-refractivity contribution in [3.8, 4) is 11.8 Å². The first kappa shape index (κ1) is 16.2. The van der Waals surface area contributed by atoms with Crippen molar-refractivity contribution >= 4 is 5.91 Å². The Kier molecular flexibility index (Phi) is 4.64. The van der Waals surface area contributed by atoms with Crippen molar-refractivity contribution in [3.63, 3.8) is 0 Å². The lowest BCUT2D eigenvalue weighted by Gasteiger charge is -2.38. The monoisotopic (exact) mass is 323 g/mol. The molecule has 1 N–H and O–H groups in total. The second-order valence-corrected chi connectivity index (χ2v) is 6.32. The summed E-state index contributed by atoms with van der Waals surface area (Å²) in [6, 6.07) is 13.1. The number of carbonyl (C=O) groups excluding carboxylic acids is 1. The van der Waals surface area contributed by atoms with Crippen LogP contribution in [0.1, 0.15) is 28.4 Å². The van der Waals surface area contributed by atoms with Gasteiger partial charge in [-0.3, -0.25) is 4.79 Å². The second-order valence-electron chi connectivity index (χ2n) is 6.32. The molecule has 2 aromatic carbocycles. The van der Waals surface area contributed by atoms with E-state index >= 15 is 0 Å². The van der Waals surface area contributed by atoms with Crippen LogP contribution in [0.5, 0.6) is 0 Å². The van der Waals surface area contributed by atoms with Crippen molar-refractivity contribution in [2.75, 3.05) is 19.8 Å². The summed E-state index contributed by atoms with van der Waals surface area (Å²) < 4.78 is 18.0. The van der Waals surface area contributed by atoms with Gasteiger partial charge >= 0.3 is 0 Å². The zero-order chi connectivity index (χ0) is 17.0. The van der Waals surface area contributed by atoms with Gasteiger partial charge in [0.2, 0.25) is 0 Å². The SMILES string of the molecule is CC1(CNC(=O)c2ccc(C#Cc3ccc(F)cc3)cc2)COC1. The maximum Gasteiger partial charge on any atom is 0.251 e. The lowest BCUT2D eigenvalue weighted by molar-refractivity contribution is -0.0978. The zero-order valence-electron chi connectivity index (χ0n) is 13.4. The third kappa shape index (κ3) is 4.01. The van der Waals surface area contributed by atoms with Gasteiger partial charge in [0.15, 0.2) is 0 Å². The number of rotatable bonds is 3. The first-order valence-electron chi connectivity index (χ1n) is 7.78. The van der Waals surface area contributed by atoms with E-state index in [4.69, 9.17) is 4.74 Å². The van der Waals surface area contributed by atoms with Crippen molar-refractivity contribution in [1.29, 1.82) is 0 Å². The van der Waals surface area contributed by atoms with Crippen LogP contribution in [0.4, 0.5) is 4.39 Å². The quantitative estimate of drug-likeness (QED) is 0.882. The Morgan fingerprint density at radius 3 is 2.12 bits per heavy atom. The first-order chi connectivity index (χ1) is 11.5. The Bertz CT molecular complexity index is 781. The van der Waals surface area contributed by atoms with Crippen molar-refractivity contribution < 1.29 is 13.9 Å². The number of halogens is 1. The fraction of sp³-hybridized carbons (Fsp3) is 0.250. The van der Waals surface area contributed by atoms with E-state index in [1.165, 1.54) is 12.1 Å². The lowest BCUT2D eigenvalue weighted by Crippen LogP contribution is -2.48. The maximum absolute atomic E-state index is 12.8.